The van der Waals surface area contributed by atoms with Crippen LogP contribution in [0.15, 0.2) is 42.5 Å². The summed E-state index contributed by atoms with van der Waals surface area (Å²) in [5.41, 5.74) is 0.795. The van der Waals surface area contributed by atoms with Crippen LogP contribution in [0.2, 0.25) is 0 Å². The van der Waals surface area contributed by atoms with Crippen LogP contribution < -0.4 is 5.32 Å². The molecule has 0 saturated heterocycles. The number of hydrogen-bond donors (Lipinski definition) is 2. The third-order valence-corrected chi connectivity index (χ3v) is 2.14. The van der Waals surface area contributed by atoms with Crippen molar-refractivity contribution < 1.29 is 4.79 Å². The highest BCUT2D eigenvalue weighted by Gasteiger charge is 2.00. The summed E-state index contributed by atoms with van der Waals surface area (Å²) in [6.07, 6.45) is 0. The molecule has 70 valence electrons. The van der Waals surface area contributed by atoms with Crippen molar-refractivity contribution in [3.05, 3.63) is 42.5 Å². The van der Waals surface area contributed by atoms with Crippen LogP contribution in [0.25, 0.3) is 10.8 Å². The highest BCUT2D eigenvalue weighted by Crippen LogP contribution is 2.22. The standard InChI is InChI=1S/C11H9NOS/c13-11(14)12-10-7-3-5-8-4-1-2-6-9(8)10/h1-7H,(H2,12,13,14). The van der Waals surface area contributed by atoms with Crippen molar-refractivity contribution in [2.45, 2.75) is 0 Å². The van der Waals surface area contributed by atoms with Crippen LogP contribution in [-0.2, 0) is 0 Å². The van der Waals surface area contributed by atoms with Crippen LogP contribution in [0.5, 0.6) is 0 Å². The van der Waals surface area contributed by atoms with Gasteiger partial charge in [-0.05, 0) is 11.5 Å². The van der Waals surface area contributed by atoms with Crippen molar-refractivity contribution >= 4 is 34.3 Å². The molecule has 0 fully saturated rings. The fourth-order valence-electron chi connectivity index (χ4n) is 1.45. The Bertz CT molecular complexity index is 476. The molecule has 0 bridgehead atoms. The summed E-state index contributed by atoms with van der Waals surface area (Å²) in [5, 5.41) is 4.46. The Morgan fingerprint density at radius 3 is 2.57 bits per heavy atom. The van der Waals surface area contributed by atoms with Gasteiger partial charge >= 0.3 is 0 Å². The van der Waals surface area contributed by atoms with Gasteiger partial charge in [0.05, 0.1) is 0 Å². The summed E-state index contributed by atoms with van der Waals surface area (Å²) in [7, 11) is 0. The average molecular weight is 203 g/mol. The van der Waals surface area contributed by atoms with Gasteiger partial charge in [-0.3, -0.25) is 4.79 Å². The molecule has 1 N–H and O–H groups in total. The Kier molecular flexibility index (Phi) is 2.41. The van der Waals surface area contributed by atoms with Gasteiger partial charge in [0.1, 0.15) is 0 Å². The molecule has 0 heterocycles. The van der Waals surface area contributed by atoms with E-state index in [-0.39, 0.29) is 5.24 Å². The number of nitrogens with one attached hydrogen (secondary N) is 1. The second kappa shape index (κ2) is 3.72. The molecule has 3 heteroatoms. The first kappa shape index (κ1) is 9.09. The molecule has 14 heavy (non-hydrogen) atoms. The lowest BCUT2D eigenvalue weighted by Gasteiger charge is -2.05. The van der Waals surface area contributed by atoms with Crippen molar-refractivity contribution in [3.63, 3.8) is 0 Å². The van der Waals surface area contributed by atoms with Crippen molar-refractivity contribution in [3.8, 4) is 0 Å². The van der Waals surface area contributed by atoms with E-state index in [9.17, 15) is 4.79 Å². The molecule has 0 radical (unpaired) electrons. The predicted octanol–water partition coefficient (Wildman–Crippen LogP) is 3.30. The highest BCUT2D eigenvalue weighted by molar-refractivity contribution is 7.96. The van der Waals surface area contributed by atoms with E-state index in [0.717, 1.165) is 16.5 Å². The van der Waals surface area contributed by atoms with Gasteiger partial charge in [-0.15, -0.1) is 0 Å². The number of rotatable bonds is 1. The minimum Gasteiger partial charge on any atom is -0.317 e. The van der Waals surface area contributed by atoms with Crippen LogP contribution in [-0.4, -0.2) is 5.24 Å². The van der Waals surface area contributed by atoms with Crippen molar-refractivity contribution in [1.29, 1.82) is 0 Å². The monoisotopic (exact) mass is 203 g/mol. The normalized spacial score (nSPS) is 10.1. The van der Waals surface area contributed by atoms with Crippen LogP contribution in [0, 0.1) is 0 Å². The molecule has 0 atom stereocenters. The summed E-state index contributed by atoms with van der Waals surface area (Å²) < 4.78 is 0. The lowest BCUT2D eigenvalue weighted by atomic mass is 10.1. The number of carbonyl (C=O) groups excluding carboxylic acids is 1. The number of anilines is 1. The van der Waals surface area contributed by atoms with E-state index < -0.39 is 0 Å². The molecule has 2 rings (SSSR count). The molecule has 0 aromatic heterocycles. The zero-order valence-corrected chi connectivity index (χ0v) is 8.29. The number of thiol groups is 1. The predicted molar refractivity (Wildman–Crippen MR) is 62.0 cm³/mol. The van der Waals surface area contributed by atoms with Crippen LogP contribution in [0.1, 0.15) is 0 Å². The Morgan fingerprint density at radius 1 is 1.07 bits per heavy atom. The summed E-state index contributed by atoms with van der Waals surface area (Å²) in [6, 6.07) is 13.6. The topological polar surface area (TPSA) is 29.1 Å². The fraction of sp³-hybridized carbons (Fsp3) is 0. The minimum atomic E-state index is -0.346. The third-order valence-electron chi connectivity index (χ3n) is 2.03. The number of carbonyl (C=O) groups is 1. The Labute approximate surface area is 87.3 Å². The second-order valence-corrected chi connectivity index (χ2v) is 3.36. The van der Waals surface area contributed by atoms with Crippen LogP contribution >= 0.6 is 12.6 Å². The van der Waals surface area contributed by atoms with Gasteiger partial charge in [0.2, 0.25) is 0 Å². The zero-order valence-electron chi connectivity index (χ0n) is 7.40. The van der Waals surface area contributed by atoms with E-state index in [1.54, 1.807) is 0 Å². The first-order chi connectivity index (χ1) is 6.77. The summed E-state index contributed by atoms with van der Waals surface area (Å²) in [4.78, 5) is 10.8. The molecule has 0 aliphatic carbocycles. The van der Waals surface area contributed by atoms with Crippen molar-refractivity contribution in [2.75, 3.05) is 5.32 Å². The number of amides is 1. The molecule has 0 saturated carbocycles. The van der Waals surface area contributed by atoms with E-state index in [1.165, 1.54) is 0 Å². The quantitative estimate of drug-likeness (QED) is 0.684. The van der Waals surface area contributed by atoms with Gasteiger partial charge in [-0.2, -0.15) is 0 Å². The molecule has 1 amide bonds. The molecular formula is C11H9NOS. The maximum Gasteiger partial charge on any atom is 0.280 e. The molecule has 0 aliphatic heterocycles. The Balaban J connectivity index is 2.59. The lowest BCUT2D eigenvalue weighted by Crippen LogP contribution is -2.01. The third kappa shape index (κ3) is 1.72. The molecule has 2 aromatic rings. The Hall–Kier alpha value is -1.48. The van der Waals surface area contributed by atoms with E-state index in [2.05, 4.69) is 17.9 Å². The van der Waals surface area contributed by atoms with Crippen LogP contribution in [0.4, 0.5) is 10.5 Å². The fourth-order valence-corrected chi connectivity index (χ4v) is 1.57. The SMILES string of the molecule is O=C(S)Nc1cccc2ccccc12. The second-order valence-electron chi connectivity index (χ2n) is 2.96. The Morgan fingerprint density at radius 2 is 1.79 bits per heavy atom. The molecule has 2 nitrogen and oxygen atoms in total. The summed E-state index contributed by atoms with van der Waals surface area (Å²) >= 11 is 3.68. The van der Waals surface area contributed by atoms with Crippen molar-refractivity contribution in [2.24, 2.45) is 0 Å². The molecule has 0 unspecified atom stereocenters. The van der Waals surface area contributed by atoms with E-state index >= 15 is 0 Å². The zero-order chi connectivity index (χ0) is 9.97. The summed E-state index contributed by atoms with van der Waals surface area (Å²) in [5.74, 6) is 0. The molecule has 0 spiro atoms. The van der Waals surface area contributed by atoms with E-state index in [0.29, 0.717) is 0 Å². The first-order valence-electron chi connectivity index (χ1n) is 4.25. The minimum absolute atomic E-state index is 0.346. The van der Waals surface area contributed by atoms with Gasteiger partial charge in [0.25, 0.3) is 5.24 Å². The largest absolute Gasteiger partial charge is 0.317 e. The van der Waals surface area contributed by atoms with Gasteiger partial charge in [0, 0.05) is 11.1 Å². The lowest BCUT2D eigenvalue weighted by molar-refractivity contribution is 0.270. The summed E-state index contributed by atoms with van der Waals surface area (Å²) in [6.45, 7) is 0. The molecule has 2 aromatic carbocycles. The van der Waals surface area contributed by atoms with Gasteiger partial charge in [-0.25, -0.2) is 0 Å². The van der Waals surface area contributed by atoms with E-state index in [1.807, 2.05) is 42.5 Å². The first-order valence-corrected chi connectivity index (χ1v) is 4.70. The average Bonchev–Trinajstić information content (AvgIpc) is 2.18. The van der Waals surface area contributed by atoms with E-state index in [4.69, 9.17) is 0 Å². The van der Waals surface area contributed by atoms with Crippen LogP contribution in [0.3, 0.4) is 0 Å². The smallest absolute Gasteiger partial charge is 0.280 e. The van der Waals surface area contributed by atoms with Gasteiger partial charge < -0.3 is 5.32 Å². The number of hydrogen-bond acceptors (Lipinski definition) is 1. The molecule has 0 aliphatic rings. The number of fused-ring (bicyclic) bond motifs is 1. The maximum atomic E-state index is 10.8. The van der Waals surface area contributed by atoms with Gasteiger partial charge in [-0.1, -0.05) is 49.0 Å². The highest BCUT2D eigenvalue weighted by atomic mass is 32.1. The van der Waals surface area contributed by atoms with Crippen molar-refractivity contribution in [1.82, 2.24) is 0 Å². The molecular weight excluding hydrogens is 194 g/mol. The van der Waals surface area contributed by atoms with Gasteiger partial charge in [0.15, 0.2) is 0 Å². The number of benzene rings is 2. The maximum absolute atomic E-state index is 10.8.